The summed E-state index contributed by atoms with van der Waals surface area (Å²) in [6.07, 6.45) is 0.321. The summed E-state index contributed by atoms with van der Waals surface area (Å²) in [6.45, 7) is 6.47. The second kappa shape index (κ2) is 9.31. The molecule has 2 aromatic carbocycles. The molecule has 3 rings (SSSR count). The van der Waals surface area contributed by atoms with E-state index in [9.17, 15) is 10.1 Å². The van der Waals surface area contributed by atoms with Crippen LogP contribution in [0.1, 0.15) is 27.2 Å². The molecule has 1 fully saturated rings. The summed E-state index contributed by atoms with van der Waals surface area (Å²) in [5, 5.41) is 13.8. The highest BCUT2D eigenvalue weighted by molar-refractivity contribution is 6.01. The molecule has 2 aromatic rings. The monoisotopic (exact) mass is 406 g/mol. The van der Waals surface area contributed by atoms with Crippen LogP contribution in [0.2, 0.25) is 0 Å². The fraction of sp³-hybridized carbons (Fsp3) is 0.348. The van der Waals surface area contributed by atoms with Crippen LogP contribution in [-0.2, 0) is 4.74 Å². The van der Waals surface area contributed by atoms with Gasteiger partial charge in [0.1, 0.15) is 28.9 Å². The lowest BCUT2D eigenvalue weighted by Gasteiger charge is -2.24. The zero-order chi connectivity index (χ0) is 21.6. The number of nitriles is 1. The van der Waals surface area contributed by atoms with E-state index in [1.807, 2.05) is 75.4 Å². The van der Waals surface area contributed by atoms with Crippen LogP contribution in [0.25, 0.3) is 0 Å². The topological polar surface area (TPSA) is 87.0 Å². The highest BCUT2D eigenvalue weighted by Crippen LogP contribution is 2.24. The minimum atomic E-state index is -0.542. The Labute approximate surface area is 176 Å². The highest BCUT2D eigenvalue weighted by atomic mass is 16.6. The van der Waals surface area contributed by atoms with E-state index in [1.165, 1.54) is 0 Å². The summed E-state index contributed by atoms with van der Waals surface area (Å²) >= 11 is 0. The third kappa shape index (κ3) is 5.98. The first-order valence-electron chi connectivity index (χ1n) is 9.88. The van der Waals surface area contributed by atoms with E-state index in [4.69, 9.17) is 9.47 Å². The van der Waals surface area contributed by atoms with Gasteiger partial charge in [0.25, 0.3) is 0 Å². The van der Waals surface area contributed by atoms with Crippen molar-refractivity contribution < 1.29 is 14.3 Å². The molecule has 1 atom stereocenters. The van der Waals surface area contributed by atoms with Crippen LogP contribution in [0.4, 0.5) is 10.5 Å². The first kappa shape index (κ1) is 21.2. The molecular formula is C23H26N4O3. The van der Waals surface area contributed by atoms with Crippen molar-refractivity contribution in [2.45, 2.75) is 32.8 Å². The van der Waals surface area contributed by atoms with Crippen LogP contribution in [0.15, 0.2) is 59.7 Å². The summed E-state index contributed by atoms with van der Waals surface area (Å²) in [6, 6.07) is 19.0. The summed E-state index contributed by atoms with van der Waals surface area (Å²) in [4.78, 5) is 13.8. The first-order chi connectivity index (χ1) is 14.3. The minimum Gasteiger partial charge on any atom is -0.457 e. The van der Waals surface area contributed by atoms with Crippen LogP contribution < -0.4 is 10.2 Å². The summed E-state index contributed by atoms with van der Waals surface area (Å²) < 4.78 is 11.2. The summed E-state index contributed by atoms with van der Waals surface area (Å²) in [5.41, 5.74) is 3.49. The Morgan fingerprint density at radius 2 is 1.80 bits per heavy atom. The Morgan fingerprint density at radius 3 is 2.43 bits per heavy atom. The Morgan fingerprint density at radius 1 is 1.13 bits per heavy atom. The zero-order valence-corrected chi connectivity index (χ0v) is 17.5. The third-order valence-electron chi connectivity index (χ3n) is 4.48. The Bertz CT molecular complexity index is 928. The van der Waals surface area contributed by atoms with Gasteiger partial charge in [-0.15, -0.1) is 0 Å². The number of likely N-dealkylation sites (tertiary alicyclic amines) is 1. The van der Waals surface area contributed by atoms with E-state index >= 15 is 0 Å². The third-order valence-corrected chi connectivity index (χ3v) is 4.48. The number of rotatable bonds is 5. The lowest BCUT2D eigenvalue weighted by atomic mass is 10.0. The number of nitrogens with zero attached hydrogens (tertiary/aromatic N) is 3. The van der Waals surface area contributed by atoms with Crippen LogP contribution >= 0.6 is 0 Å². The quantitative estimate of drug-likeness (QED) is 0.556. The van der Waals surface area contributed by atoms with Crippen molar-refractivity contribution >= 4 is 17.5 Å². The van der Waals surface area contributed by atoms with Crippen molar-refractivity contribution in [2.75, 3.05) is 18.5 Å². The van der Waals surface area contributed by atoms with Gasteiger partial charge in [-0.3, -0.25) is 5.43 Å². The molecule has 1 aliphatic heterocycles. The maximum atomic E-state index is 12.2. The molecule has 0 saturated carbocycles. The summed E-state index contributed by atoms with van der Waals surface area (Å²) in [5.74, 6) is 1.36. The van der Waals surface area contributed by atoms with E-state index in [0.29, 0.717) is 31.0 Å². The molecule has 1 aliphatic rings. The van der Waals surface area contributed by atoms with Crippen molar-refractivity contribution in [1.82, 2.24) is 4.90 Å². The number of anilines is 1. The standard InChI is InChI=1S/C23H26N4O3/c1-23(2,3)30-22(28)27-14-13-17(16-27)21(15-24)26-25-18-9-11-20(12-10-18)29-19-7-5-4-6-8-19/h4-12,17,25H,13-14,16H2,1-3H3/b26-21-. The van der Waals surface area contributed by atoms with Crippen LogP contribution in [0.5, 0.6) is 11.5 Å². The molecule has 1 unspecified atom stereocenters. The van der Waals surface area contributed by atoms with Gasteiger partial charge < -0.3 is 14.4 Å². The van der Waals surface area contributed by atoms with Gasteiger partial charge in [0.05, 0.1) is 5.69 Å². The van der Waals surface area contributed by atoms with Gasteiger partial charge in [0, 0.05) is 19.0 Å². The lowest BCUT2D eigenvalue weighted by Crippen LogP contribution is -2.35. The number of hydrogen-bond acceptors (Lipinski definition) is 6. The van der Waals surface area contributed by atoms with Gasteiger partial charge in [-0.05, 0) is 63.6 Å². The predicted molar refractivity (Wildman–Crippen MR) is 116 cm³/mol. The smallest absolute Gasteiger partial charge is 0.410 e. The Balaban J connectivity index is 1.57. The van der Waals surface area contributed by atoms with Crippen molar-refractivity contribution in [3.8, 4) is 17.6 Å². The van der Waals surface area contributed by atoms with Crippen LogP contribution in [0.3, 0.4) is 0 Å². The Hall–Kier alpha value is -3.53. The average molecular weight is 406 g/mol. The molecule has 1 N–H and O–H groups in total. The van der Waals surface area contributed by atoms with Gasteiger partial charge in [0.2, 0.25) is 0 Å². The average Bonchev–Trinajstić information content (AvgIpc) is 3.20. The normalized spacial score (nSPS) is 16.7. The van der Waals surface area contributed by atoms with Crippen molar-refractivity contribution in [2.24, 2.45) is 11.0 Å². The van der Waals surface area contributed by atoms with Crippen LogP contribution in [-0.4, -0.2) is 35.4 Å². The number of hydrazone groups is 1. The molecule has 7 nitrogen and oxygen atoms in total. The minimum absolute atomic E-state index is 0.115. The van der Waals surface area contributed by atoms with Crippen molar-refractivity contribution in [1.29, 1.82) is 5.26 Å². The second-order valence-electron chi connectivity index (χ2n) is 8.07. The molecule has 0 bridgehead atoms. The van der Waals surface area contributed by atoms with Gasteiger partial charge >= 0.3 is 6.09 Å². The predicted octanol–water partition coefficient (Wildman–Crippen LogP) is 5.03. The molecule has 0 aromatic heterocycles. The van der Waals surface area contributed by atoms with Crippen molar-refractivity contribution in [3.05, 3.63) is 54.6 Å². The highest BCUT2D eigenvalue weighted by Gasteiger charge is 2.32. The number of benzene rings is 2. The number of carbonyl (C=O) groups excluding carboxylic acids is 1. The number of para-hydroxylation sites is 1. The second-order valence-corrected chi connectivity index (χ2v) is 8.07. The fourth-order valence-electron chi connectivity index (χ4n) is 3.03. The fourth-order valence-corrected chi connectivity index (χ4v) is 3.03. The molecule has 7 heteroatoms. The molecule has 0 radical (unpaired) electrons. The van der Waals surface area contributed by atoms with Crippen molar-refractivity contribution in [3.63, 3.8) is 0 Å². The Kier molecular flexibility index (Phi) is 6.58. The zero-order valence-electron chi connectivity index (χ0n) is 17.5. The van der Waals surface area contributed by atoms with E-state index < -0.39 is 5.60 Å². The number of ether oxygens (including phenoxy) is 2. The maximum absolute atomic E-state index is 12.2. The lowest BCUT2D eigenvalue weighted by molar-refractivity contribution is 0.0292. The molecule has 1 saturated heterocycles. The van der Waals surface area contributed by atoms with E-state index in [1.54, 1.807) is 4.90 Å². The number of carbonyl (C=O) groups is 1. The SMILES string of the molecule is CC(C)(C)OC(=O)N1CCC(/C(C#N)=N\Nc2ccc(Oc3ccccc3)cc2)C1. The summed E-state index contributed by atoms with van der Waals surface area (Å²) in [7, 11) is 0. The molecule has 1 heterocycles. The van der Waals surface area contributed by atoms with E-state index in [2.05, 4.69) is 16.6 Å². The first-order valence-corrected chi connectivity index (χ1v) is 9.88. The molecule has 0 spiro atoms. The molecule has 156 valence electrons. The molecule has 30 heavy (non-hydrogen) atoms. The van der Waals surface area contributed by atoms with E-state index in [-0.39, 0.29) is 12.0 Å². The van der Waals surface area contributed by atoms with E-state index in [0.717, 1.165) is 11.4 Å². The van der Waals surface area contributed by atoms with Gasteiger partial charge in [-0.2, -0.15) is 10.4 Å². The van der Waals surface area contributed by atoms with Crippen LogP contribution in [0, 0.1) is 17.2 Å². The largest absolute Gasteiger partial charge is 0.457 e. The molecular weight excluding hydrogens is 380 g/mol. The van der Waals surface area contributed by atoms with Gasteiger partial charge in [-0.1, -0.05) is 18.2 Å². The number of hydrogen-bond donors (Lipinski definition) is 1. The van der Waals surface area contributed by atoms with Gasteiger partial charge in [-0.25, -0.2) is 4.79 Å². The molecule has 1 amide bonds. The number of nitrogens with one attached hydrogen (secondary N) is 1. The maximum Gasteiger partial charge on any atom is 0.410 e. The van der Waals surface area contributed by atoms with Gasteiger partial charge in [0.15, 0.2) is 0 Å². The molecule has 0 aliphatic carbocycles. The number of amides is 1.